The van der Waals surface area contributed by atoms with Gasteiger partial charge in [0, 0.05) is 28.9 Å². The van der Waals surface area contributed by atoms with Crippen LogP contribution in [0, 0.1) is 0 Å². The van der Waals surface area contributed by atoms with E-state index in [9.17, 15) is 13.2 Å². The summed E-state index contributed by atoms with van der Waals surface area (Å²) < 4.78 is 30.2. The van der Waals surface area contributed by atoms with Crippen molar-refractivity contribution in [3.8, 4) is 5.75 Å². The van der Waals surface area contributed by atoms with Crippen LogP contribution < -0.4 is 9.64 Å². The number of anilines is 1. The van der Waals surface area contributed by atoms with E-state index in [0.29, 0.717) is 10.8 Å². The summed E-state index contributed by atoms with van der Waals surface area (Å²) >= 11 is 6.26. The van der Waals surface area contributed by atoms with E-state index in [0.717, 1.165) is 43.2 Å². The second-order valence-corrected chi connectivity index (χ2v) is 10.9. The summed E-state index contributed by atoms with van der Waals surface area (Å²) in [6, 6.07) is 10.2. The Morgan fingerprint density at radius 1 is 1.13 bits per heavy atom. The largest absolute Gasteiger partial charge is 0.490 e. The van der Waals surface area contributed by atoms with Gasteiger partial charge in [-0.25, -0.2) is 8.42 Å². The van der Waals surface area contributed by atoms with E-state index in [-0.39, 0.29) is 34.4 Å². The van der Waals surface area contributed by atoms with Crippen molar-refractivity contribution in [2.45, 2.75) is 62.5 Å². The molecule has 5 nitrogen and oxygen atoms in total. The van der Waals surface area contributed by atoms with Gasteiger partial charge in [-0.05, 0) is 68.7 Å². The maximum absolute atomic E-state index is 13.8. The fraction of sp³-hybridized carbons (Fsp3) is 0.435. The SMILES string of the molecule is CC(C)Oc1ccc(S(C)(=O)=O)cc1C(=O)N1c2ccc(Cl)cc2C2CCCCC21. The van der Waals surface area contributed by atoms with Gasteiger partial charge in [-0.15, -0.1) is 0 Å². The summed E-state index contributed by atoms with van der Waals surface area (Å²) in [7, 11) is -3.46. The molecule has 1 aliphatic heterocycles. The highest BCUT2D eigenvalue weighted by Crippen LogP contribution is 2.49. The minimum Gasteiger partial charge on any atom is -0.490 e. The molecule has 1 aliphatic carbocycles. The van der Waals surface area contributed by atoms with E-state index in [4.69, 9.17) is 16.3 Å². The highest BCUT2D eigenvalue weighted by molar-refractivity contribution is 7.90. The molecule has 7 heteroatoms. The molecule has 1 amide bonds. The van der Waals surface area contributed by atoms with E-state index in [1.807, 2.05) is 30.9 Å². The first-order valence-corrected chi connectivity index (χ1v) is 12.6. The highest BCUT2D eigenvalue weighted by atomic mass is 35.5. The van der Waals surface area contributed by atoms with E-state index < -0.39 is 9.84 Å². The number of carbonyl (C=O) groups excluding carboxylic acids is 1. The lowest BCUT2D eigenvalue weighted by Crippen LogP contribution is -2.40. The molecule has 2 aliphatic rings. The lowest BCUT2D eigenvalue weighted by Gasteiger charge is -2.32. The number of amides is 1. The Bertz CT molecular complexity index is 1100. The van der Waals surface area contributed by atoms with Crippen LogP contribution in [-0.4, -0.2) is 32.7 Å². The van der Waals surface area contributed by atoms with Crippen LogP contribution in [-0.2, 0) is 9.84 Å². The summed E-state index contributed by atoms with van der Waals surface area (Å²) in [5, 5.41) is 0.662. The number of halogens is 1. The molecule has 0 radical (unpaired) electrons. The van der Waals surface area contributed by atoms with Crippen LogP contribution in [0.5, 0.6) is 5.75 Å². The molecule has 1 fully saturated rings. The smallest absolute Gasteiger partial charge is 0.262 e. The Morgan fingerprint density at radius 2 is 1.87 bits per heavy atom. The number of benzene rings is 2. The Labute approximate surface area is 182 Å². The first-order valence-electron chi connectivity index (χ1n) is 10.3. The first kappa shape index (κ1) is 21.2. The quantitative estimate of drug-likeness (QED) is 0.644. The van der Waals surface area contributed by atoms with Gasteiger partial charge < -0.3 is 9.64 Å². The molecule has 1 heterocycles. The number of hydrogen-bond donors (Lipinski definition) is 0. The second-order valence-electron chi connectivity index (χ2n) is 8.43. The number of carbonyl (C=O) groups is 1. The zero-order valence-electron chi connectivity index (χ0n) is 17.4. The molecule has 1 saturated carbocycles. The van der Waals surface area contributed by atoms with Crippen molar-refractivity contribution >= 4 is 33.0 Å². The topological polar surface area (TPSA) is 63.7 Å². The minimum atomic E-state index is -3.46. The maximum atomic E-state index is 13.8. The molecular formula is C23H26ClNO4S. The summed E-state index contributed by atoms with van der Waals surface area (Å²) in [4.78, 5) is 15.8. The molecule has 2 aromatic carbocycles. The third-order valence-corrected chi connectivity index (χ3v) is 7.25. The molecule has 0 bridgehead atoms. The normalized spacial score (nSPS) is 20.8. The standard InChI is InChI=1S/C23H26ClNO4S/c1-14(2)29-22-11-9-16(30(3,27)28)13-19(22)23(26)25-20-7-5-4-6-17(20)18-12-15(24)8-10-21(18)25/h8-14,17,20H,4-7H2,1-3H3. The van der Waals surface area contributed by atoms with Gasteiger partial charge in [0.1, 0.15) is 5.75 Å². The second kappa shape index (κ2) is 7.89. The summed E-state index contributed by atoms with van der Waals surface area (Å²) in [5.41, 5.74) is 2.24. The Morgan fingerprint density at radius 3 is 2.57 bits per heavy atom. The Balaban J connectivity index is 1.84. The van der Waals surface area contributed by atoms with Crippen LogP contribution in [0.2, 0.25) is 5.02 Å². The maximum Gasteiger partial charge on any atom is 0.262 e. The molecule has 0 spiro atoms. The Kier molecular flexibility index (Phi) is 5.58. The number of fused-ring (bicyclic) bond motifs is 3. The van der Waals surface area contributed by atoms with Crippen molar-refractivity contribution < 1.29 is 17.9 Å². The van der Waals surface area contributed by atoms with Crippen molar-refractivity contribution in [2.75, 3.05) is 11.2 Å². The van der Waals surface area contributed by atoms with Crippen molar-refractivity contribution in [3.63, 3.8) is 0 Å². The molecule has 30 heavy (non-hydrogen) atoms. The van der Waals surface area contributed by atoms with Crippen LogP contribution in [0.3, 0.4) is 0 Å². The van der Waals surface area contributed by atoms with Crippen LogP contribution >= 0.6 is 11.6 Å². The van der Waals surface area contributed by atoms with Gasteiger partial charge >= 0.3 is 0 Å². The van der Waals surface area contributed by atoms with Gasteiger partial charge in [0.15, 0.2) is 9.84 Å². The van der Waals surface area contributed by atoms with Crippen molar-refractivity contribution in [1.29, 1.82) is 0 Å². The van der Waals surface area contributed by atoms with E-state index >= 15 is 0 Å². The zero-order chi connectivity index (χ0) is 21.6. The average molecular weight is 448 g/mol. The number of sulfone groups is 1. The number of nitrogens with zero attached hydrogens (tertiary/aromatic N) is 1. The molecule has 0 aromatic heterocycles. The highest BCUT2D eigenvalue weighted by Gasteiger charge is 2.43. The van der Waals surface area contributed by atoms with Gasteiger partial charge in [0.2, 0.25) is 0 Å². The first-order chi connectivity index (χ1) is 14.2. The zero-order valence-corrected chi connectivity index (χ0v) is 19.0. The summed E-state index contributed by atoms with van der Waals surface area (Å²) in [6.45, 7) is 3.76. The van der Waals surface area contributed by atoms with Crippen molar-refractivity contribution in [1.82, 2.24) is 0 Å². The molecule has 160 valence electrons. The number of hydrogen-bond acceptors (Lipinski definition) is 4. The molecule has 0 saturated heterocycles. The predicted molar refractivity (Wildman–Crippen MR) is 119 cm³/mol. The summed E-state index contributed by atoms with van der Waals surface area (Å²) in [6.07, 6.45) is 5.11. The monoisotopic (exact) mass is 447 g/mol. The van der Waals surface area contributed by atoms with Gasteiger partial charge in [0.05, 0.1) is 16.6 Å². The van der Waals surface area contributed by atoms with E-state index in [1.54, 1.807) is 12.1 Å². The average Bonchev–Trinajstić information content (AvgIpc) is 3.00. The fourth-order valence-electron chi connectivity index (χ4n) is 4.66. The summed E-state index contributed by atoms with van der Waals surface area (Å²) in [5.74, 6) is 0.426. The molecule has 4 rings (SSSR count). The third kappa shape index (κ3) is 3.83. The fourth-order valence-corrected chi connectivity index (χ4v) is 5.48. The van der Waals surface area contributed by atoms with Crippen molar-refractivity contribution in [3.05, 3.63) is 52.5 Å². The third-order valence-electron chi connectivity index (χ3n) is 5.90. The number of rotatable bonds is 4. The molecule has 2 atom stereocenters. The van der Waals surface area contributed by atoms with Gasteiger partial charge in [0.25, 0.3) is 5.91 Å². The van der Waals surface area contributed by atoms with Crippen LogP contribution in [0.15, 0.2) is 41.3 Å². The van der Waals surface area contributed by atoms with Gasteiger partial charge in [-0.2, -0.15) is 0 Å². The van der Waals surface area contributed by atoms with Gasteiger partial charge in [-0.1, -0.05) is 24.4 Å². The molecular weight excluding hydrogens is 422 g/mol. The van der Waals surface area contributed by atoms with Gasteiger partial charge in [-0.3, -0.25) is 4.79 Å². The van der Waals surface area contributed by atoms with Crippen LogP contribution in [0.4, 0.5) is 5.69 Å². The van der Waals surface area contributed by atoms with E-state index in [2.05, 4.69) is 0 Å². The molecule has 2 aromatic rings. The lowest BCUT2D eigenvalue weighted by atomic mass is 9.82. The predicted octanol–water partition coefficient (Wildman–Crippen LogP) is 5.22. The van der Waals surface area contributed by atoms with Crippen LogP contribution in [0.25, 0.3) is 0 Å². The molecule has 2 unspecified atom stereocenters. The van der Waals surface area contributed by atoms with Crippen LogP contribution in [0.1, 0.15) is 61.4 Å². The Hall–Kier alpha value is -2.05. The molecule has 0 N–H and O–H groups in total. The lowest BCUT2D eigenvalue weighted by molar-refractivity contribution is 0.0966. The van der Waals surface area contributed by atoms with E-state index in [1.165, 1.54) is 12.1 Å². The number of ether oxygens (including phenoxy) is 1. The van der Waals surface area contributed by atoms with Crippen molar-refractivity contribution in [2.24, 2.45) is 0 Å². The minimum absolute atomic E-state index is 0.0495.